The summed E-state index contributed by atoms with van der Waals surface area (Å²) in [5.74, 6) is -0.00546. The molecule has 1 heterocycles. The van der Waals surface area contributed by atoms with Crippen LogP contribution in [0.25, 0.3) is 10.4 Å². The SMILES string of the molecule is NCCCCNC(=O)c1ccc(-c2ccc(OC(F)F)cc2)s1. The van der Waals surface area contributed by atoms with Crippen molar-refractivity contribution in [2.24, 2.45) is 5.73 Å². The summed E-state index contributed by atoms with van der Waals surface area (Å²) < 4.78 is 28.5. The Hall–Kier alpha value is -1.99. The highest BCUT2D eigenvalue weighted by molar-refractivity contribution is 7.17. The molecule has 1 aromatic heterocycles. The standard InChI is InChI=1S/C16H18F2N2O2S/c17-16(18)22-12-5-3-11(4-6-12)13-7-8-14(23-13)15(21)20-10-2-1-9-19/h3-8,16H,1-2,9-10,19H2,(H,20,21). The van der Waals surface area contributed by atoms with E-state index in [1.807, 2.05) is 6.07 Å². The van der Waals surface area contributed by atoms with E-state index in [0.29, 0.717) is 18.0 Å². The molecule has 124 valence electrons. The third kappa shape index (κ3) is 5.30. The van der Waals surface area contributed by atoms with Crippen LogP contribution in [0.3, 0.4) is 0 Å². The Morgan fingerprint density at radius 2 is 1.91 bits per heavy atom. The number of benzene rings is 1. The zero-order chi connectivity index (χ0) is 16.7. The summed E-state index contributed by atoms with van der Waals surface area (Å²) in [4.78, 5) is 13.5. The third-order valence-corrected chi connectivity index (χ3v) is 4.24. The number of halogens is 2. The molecule has 0 radical (unpaired) electrons. The molecule has 0 aliphatic carbocycles. The van der Waals surface area contributed by atoms with Gasteiger partial charge in [-0.2, -0.15) is 8.78 Å². The molecule has 0 fully saturated rings. The van der Waals surface area contributed by atoms with E-state index in [-0.39, 0.29) is 11.7 Å². The van der Waals surface area contributed by atoms with Gasteiger partial charge in [-0.1, -0.05) is 0 Å². The van der Waals surface area contributed by atoms with Gasteiger partial charge in [-0.15, -0.1) is 11.3 Å². The Kier molecular flexibility index (Phi) is 6.49. The van der Waals surface area contributed by atoms with Crippen molar-refractivity contribution in [1.82, 2.24) is 5.32 Å². The highest BCUT2D eigenvalue weighted by atomic mass is 32.1. The van der Waals surface area contributed by atoms with Gasteiger partial charge in [0.1, 0.15) is 5.75 Å². The molecule has 0 aliphatic heterocycles. The normalized spacial score (nSPS) is 10.8. The lowest BCUT2D eigenvalue weighted by atomic mass is 10.2. The Bertz CT molecular complexity index is 629. The molecular weight excluding hydrogens is 322 g/mol. The van der Waals surface area contributed by atoms with Crippen LogP contribution >= 0.6 is 11.3 Å². The van der Waals surface area contributed by atoms with Crippen molar-refractivity contribution in [2.75, 3.05) is 13.1 Å². The number of hydrogen-bond donors (Lipinski definition) is 2. The molecular formula is C16H18F2N2O2S. The lowest BCUT2D eigenvalue weighted by Crippen LogP contribution is -2.23. The first-order chi connectivity index (χ1) is 11.1. The van der Waals surface area contributed by atoms with E-state index in [1.54, 1.807) is 18.2 Å². The van der Waals surface area contributed by atoms with E-state index in [0.717, 1.165) is 23.3 Å². The molecule has 0 saturated carbocycles. The molecule has 2 rings (SSSR count). The van der Waals surface area contributed by atoms with Crippen molar-refractivity contribution in [3.8, 4) is 16.2 Å². The largest absolute Gasteiger partial charge is 0.435 e. The maximum Gasteiger partial charge on any atom is 0.387 e. The number of amides is 1. The molecule has 0 bridgehead atoms. The molecule has 0 saturated heterocycles. The minimum Gasteiger partial charge on any atom is -0.435 e. The first-order valence-corrected chi connectivity index (χ1v) is 8.05. The lowest BCUT2D eigenvalue weighted by molar-refractivity contribution is -0.0498. The summed E-state index contributed by atoms with van der Waals surface area (Å²) in [6, 6.07) is 9.92. The van der Waals surface area contributed by atoms with Crippen molar-refractivity contribution in [2.45, 2.75) is 19.5 Å². The second-order valence-corrected chi connectivity index (χ2v) is 5.90. The zero-order valence-corrected chi connectivity index (χ0v) is 13.2. The summed E-state index contributed by atoms with van der Waals surface area (Å²) >= 11 is 1.35. The topological polar surface area (TPSA) is 64.3 Å². The molecule has 0 aliphatic rings. The number of alkyl halides is 2. The maximum atomic E-state index is 12.1. The Morgan fingerprint density at radius 1 is 1.17 bits per heavy atom. The minimum atomic E-state index is -2.84. The number of ether oxygens (including phenoxy) is 1. The molecule has 1 aromatic carbocycles. The Morgan fingerprint density at radius 3 is 2.57 bits per heavy atom. The first kappa shape index (κ1) is 17.4. The van der Waals surface area contributed by atoms with Gasteiger partial charge in [-0.05, 0) is 61.3 Å². The van der Waals surface area contributed by atoms with Crippen LogP contribution in [0.1, 0.15) is 22.5 Å². The monoisotopic (exact) mass is 340 g/mol. The smallest absolute Gasteiger partial charge is 0.387 e. The summed E-state index contributed by atoms with van der Waals surface area (Å²) in [7, 11) is 0. The summed E-state index contributed by atoms with van der Waals surface area (Å²) in [6.45, 7) is -1.62. The Balaban J connectivity index is 1.97. The second-order valence-electron chi connectivity index (χ2n) is 4.82. The van der Waals surface area contributed by atoms with Crippen LogP contribution in [0.2, 0.25) is 0 Å². The van der Waals surface area contributed by atoms with Gasteiger partial charge >= 0.3 is 6.61 Å². The quantitative estimate of drug-likeness (QED) is 0.723. The van der Waals surface area contributed by atoms with Crippen molar-refractivity contribution in [3.63, 3.8) is 0 Å². The lowest BCUT2D eigenvalue weighted by Gasteiger charge is -2.04. The summed E-state index contributed by atoms with van der Waals surface area (Å²) in [6.07, 6.45) is 1.73. The van der Waals surface area contributed by atoms with Crippen LogP contribution in [0.15, 0.2) is 36.4 Å². The number of hydrogen-bond acceptors (Lipinski definition) is 4. The van der Waals surface area contributed by atoms with Crippen LogP contribution in [-0.4, -0.2) is 25.6 Å². The van der Waals surface area contributed by atoms with Gasteiger partial charge in [0.2, 0.25) is 0 Å². The summed E-state index contributed by atoms with van der Waals surface area (Å²) in [5, 5.41) is 2.84. The van der Waals surface area contributed by atoms with E-state index >= 15 is 0 Å². The van der Waals surface area contributed by atoms with Crippen LogP contribution in [-0.2, 0) is 0 Å². The van der Waals surface area contributed by atoms with Gasteiger partial charge in [0.25, 0.3) is 5.91 Å². The Labute approximate surface area is 137 Å². The highest BCUT2D eigenvalue weighted by Crippen LogP contribution is 2.29. The van der Waals surface area contributed by atoms with Gasteiger partial charge in [-0.3, -0.25) is 4.79 Å². The fourth-order valence-electron chi connectivity index (χ4n) is 1.97. The fraction of sp³-hybridized carbons (Fsp3) is 0.312. The summed E-state index contributed by atoms with van der Waals surface area (Å²) in [5.41, 5.74) is 6.25. The van der Waals surface area contributed by atoms with E-state index in [2.05, 4.69) is 10.1 Å². The number of thiophene rings is 1. The van der Waals surface area contributed by atoms with Gasteiger partial charge in [0, 0.05) is 11.4 Å². The predicted molar refractivity (Wildman–Crippen MR) is 87.0 cm³/mol. The van der Waals surface area contributed by atoms with Crippen LogP contribution in [0, 0.1) is 0 Å². The van der Waals surface area contributed by atoms with Crippen LogP contribution in [0.4, 0.5) is 8.78 Å². The molecule has 0 atom stereocenters. The molecule has 3 N–H and O–H groups in total. The molecule has 0 unspecified atom stereocenters. The molecule has 7 heteroatoms. The van der Waals surface area contributed by atoms with Gasteiger partial charge in [0.15, 0.2) is 0 Å². The van der Waals surface area contributed by atoms with Crippen molar-refractivity contribution >= 4 is 17.2 Å². The van der Waals surface area contributed by atoms with Crippen LogP contribution < -0.4 is 15.8 Å². The minimum absolute atomic E-state index is 0.109. The number of nitrogens with one attached hydrogen (secondary N) is 1. The third-order valence-electron chi connectivity index (χ3n) is 3.11. The number of carbonyl (C=O) groups is 1. The van der Waals surface area contributed by atoms with Crippen molar-refractivity contribution in [1.29, 1.82) is 0 Å². The maximum absolute atomic E-state index is 12.1. The van der Waals surface area contributed by atoms with Gasteiger partial charge in [-0.25, -0.2) is 0 Å². The number of carbonyl (C=O) groups excluding carboxylic acids is 1. The van der Waals surface area contributed by atoms with E-state index in [9.17, 15) is 13.6 Å². The molecule has 0 spiro atoms. The fourth-order valence-corrected chi connectivity index (χ4v) is 2.90. The van der Waals surface area contributed by atoms with Gasteiger partial charge < -0.3 is 15.8 Å². The number of unbranched alkanes of at least 4 members (excludes halogenated alkanes) is 1. The predicted octanol–water partition coefficient (Wildman–Crippen LogP) is 3.49. The number of nitrogens with two attached hydrogens (primary N) is 1. The van der Waals surface area contributed by atoms with Crippen LogP contribution in [0.5, 0.6) is 5.75 Å². The second kappa shape index (κ2) is 8.59. The zero-order valence-electron chi connectivity index (χ0n) is 12.4. The highest BCUT2D eigenvalue weighted by Gasteiger charge is 2.10. The van der Waals surface area contributed by atoms with E-state index < -0.39 is 6.61 Å². The molecule has 23 heavy (non-hydrogen) atoms. The molecule has 2 aromatic rings. The van der Waals surface area contributed by atoms with Gasteiger partial charge in [0.05, 0.1) is 4.88 Å². The number of rotatable bonds is 8. The van der Waals surface area contributed by atoms with Crippen molar-refractivity contribution < 1.29 is 18.3 Å². The molecule has 4 nitrogen and oxygen atoms in total. The van der Waals surface area contributed by atoms with Crippen molar-refractivity contribution in [3.05, 3.63) is 41.3 Å². The average molecular weight is 340 g/mol. The van der Waals surface area contributed by atoms with E-state index in [4.69, 9.17) is 5.73 Å². The first-order valence-electron chi connectivity index (χ1n) is 7.23. The molecule has 1 amide bonds. The average Bonchev–Trinajstić information content (AvgIpc) is 3.01. The van der Waals surface area contributed by atoms with E-state index in [1.165, 1.54) is 23.5 Å².